The number of ketones is 1. The van der Waals surface area contributed by atoms with Crippen LogP contribution in [0.4, 0.5) is 0 Å². The number of hydrogen-bond acceptors (Lipinski definition) is 8. The first-order chi connectivity index (χ1) is 15.1. The molecule has 5 rings (SSSR count). The van der Waals surface area contributed by atoms with Crippen molar-refractivity contribution in [3.8, 4) is 28.6 Å². The summed E-state index contributed by atoms with van der Waals surface area (Å²) in [6.45, 7) is 4.13. The zero-order chi connectivity index (χ0) is 21.4. The molecular formula is C22H18N4O4S. The third-order valence-electron chi connectivity index (χ3n) is 5.01. The molecule has 3 aromatic heterocycles. The molecule has 31 heavy (non-hydrogen) atoms. The van der Waals surface area contributed by atoms with E-state index < -0.39 is 0 Å². The minimum atomic E-state index is -0.00578. The summed E-state index contributed by atoms with van der Waals surface area (Å²) in [5.41, 5.74) is 4.20. The first-order valence-corrected chi connectivity index (χ1v) is 10.6. The number of aryl methyl sites for hydroxylation is 1. The molecule has 1 aromatic carbocycles. The van der Waals surface area contributed by atoms with Gasteiger partial charge in [-0.3, -0.25) is 9.78 Å². The number of ether oxygens (including phenoxy) is 2. The van der Waals surface area contributed by atoms with E-state index >= 15 is 0 Å². The average Bonchev–Trinajstić information content (AvgIpc) is 3.51. The molecule has 0 saturated heterocycles. The number of carbonyl (C=O) groups excluding carboxylic acids is 1. The first-order valence-electron chi connectivity index (χ1n) is 9.59. The zero-order valence-electron chi connectivity index (χ0n) is 16.9. The quantitative estimate of drug-likeness (QED) is 0.329. The summed E-state index contributed by atoms with van der Waals surface area (Å²) < 4.78 is 18.6. The second-order valence-electron chi connectivity index (χ2n) is 6.98. The van der Waals surface area contributed by atoms with Crippen LogP contribution in [0, 0.1) is 13.8 Å². The van der Waals surface area contributed by atoms with Gasteiger partial charge in [-0.2, -0.15) is 0 Å². The van der Waals surface area contributed by atoms with E-state index in [0.717, 1.165) is 28.4 Å². The summed E-state index contributed by atoms with van der Waals surface area (Å²) >= 11 is 1.22. The Kier molecular flexibility index (Phi) is 4.95. The predicted octanol–water partition coefficient (Wildman–Crippen LogP) is 4.24. The Bertz CT molecular complexity index is 1270. The Hall–Kier alpha value is -3.59. The number of fused-ring (bicyclic) bond motifs is 1. The third kappa shape index (κ3) is 3.68. The maximum absolute atomic E-state index is 12.9. The molecule has 0 amide bonds. The van der Waals surface area contributed by atoms with E-state index in [1.54, 1.807) is 24.5 Å². The van der Waals surface area contributed by atoms with Crippen molar-refractivity contribution in [3.63, 3.8) is 0 Å². The van der Waals surface area contributed by atoms with E-state index in [2.05, 4.69) is 15.2 Å². The SMILES string of the molecule is Cc1cc(C(=O)CSc2nnc(-c3ccncc3)o2)c(C)n1-c1ccc2c(c1)OCO2. The summed E-state index contributed by atoms with van der Waals surface area (Å²) in [6.07, 6.45) is 3.32. The van der Waals surface area contributed by atoms with Crippen LogP contribution >= 0.6 is 11.8 Å². The highest BCUT2D eigenvalue weighted by Gasteiger charge is 2.20. The number of nitrogens with zero attached hydrogens (tertiary/aromatic N) is 4. The summed E-state index contributed by atoms with van der Waals surface area (Å²) in [5, 5.41) is 8.42. The molecule has 1 aliphatic rings. The van der Waals surface area contributed by atoms with Gasteiger partial charge in [-0.05, 0) is 44.2 Å². The molecule has 8 nitrogen and oxygen atoms in total. The summed E-state index contributed by atoms with van der Waals surface area (Å²) in [7, 11) is 0. The second kappa shape index (κ2) is 7.92. The van der Waals surface area contributed by atoms with Gasteiger partial charge in [0.05, 0.1) is 5.75 Å². The molecule has 156 valence electrons. The summed E-state index contributed by atoms with van der Waals surface area (Å²) in [5.74, 6) is 2.02. The van der Waals surface area contributed by atoms with Gasteiger partial charge in [-0.25, -0.2) is 0 Å². The molecule has 0 fully saturated rings. The zero-order valence-corrected chi connectivity index (χ0v) is 17.7. The van der Waals surface area contributed by atoms with E-state index in [4.69, 9.17) is 13.9 Å². The van der Waals surface area contributed by atoms with Gasteiger partial charge in [-0.15, -0.1) is 10.2 Å². The molecule has 0 atom stereocenters. The molecule has 0 spiro atoms. The molecular weight excluding hydrogens is 416 g/mol. The van der Waals surface area contributed by atoms with Gasteiger partial charge in [-0.1, -0.05) is 11.8 Å². The fourth-order valence-electron chi connectivity index (χ4n) is 3.55. The molecule has 1 aliphatic heterocycles. The molecule has 0 unspecified atom stereocenters. The largest absolute Gasteiger partial charge is 0.454 e. The fourth-order valence-corrected chi connectivity index (χ4v) is 4.20. The van der Waals surface area contributed by atoms with Gasteiger partial charge in [0.1, 0.15) is 0 Å². The number of Topliss-reactive ketones (excluding diaryl/α,β-unsaturated/α-hetero) is 1. The second-order valence-corrected chi connectivity index (χ2v) is 7.91. The Morgan fingerprint density at radius 2 is 1.87 bits per heavy atom. The van der Waals surface area contributed by atoms with Crippen molar-refractivity contribution in [1.29, 1.82) is 0 Å². The van der Waals surface area contributed by atoms with E-state index in [-0.39, 0.29) is 18.3 Å². The lowest BCUT2D eigenvalue weighted by atomic mass is 10.2. The highest BCUT2D eigenvalue weighted by Crippen LogP contribution is 2.35. The van der Waals surface area contributed by atoms with E-state index in [0.29, 0.717) is 22.4 Å². The molecule has 9 heteroatoms. The van der Waals surface area contributed by atoms with Gasteiger partial charge in [0.25, 0.3) is 5.22 Å². The monoisotopic (exact) mass is 434 g/mol. The van der Waals surface area contributed by atoms with Crippen molar-refractivity contribution >= 4 is 17.5 Å². The minimum absolute atomic E-state index is 0.00578. The topological polar surface area (TPSA) is 92.3 Å². The van der Waals surface area contributed by atoms with Crippen molar-refractivity contribution < 1.29 is 18.7 Å². The number of pyridine rings is 1. The lowest BCUT2D eigenvalue weighted by molar-refractivity contribution is 0.102. The van der Waals surface area contributed by atoms with Crippen LogP contribution < -0.4 is 9.47 Å². The molecule has 0 N–H and O–H groups in total. The Labute approximate surface area is 182 Å². The van der Waals surface area contributed by atoms with Crippen molar-refractivity contribution in [1.82, 2.24) is 19.7 Å². The number of aromatic nitrogens is 4. The maximum Gasteiger partial charge on any atom is 0.277 e. The summed E-state index contributed by atoms with van der Waals surface area (Å²) in [6, 6.07) is 11.2. The van der Waals surface area contributed by atoms with Gasteiger partial charge in [0.15, 0.2) is 17.3 Å². The van der Waals surface area contributed by atoms with Crippen LogP contribution in [0.2, 0.25) is 0 Å². The Morgan fingerprint density at radius 1 is 1.06 bits per heavy atom. The van der Waals surface area contributed by atoms with Crippen LogP contribution in [0.1, 0.15) is 21.7 Å². The van der Waals surface area contributed by atoms with Gasteiger partial charge >= 0.3 is 0 Å². The molecule has 4 heterocycles. The van der Waals surface area contributed by atoms with Crippen molar-refractivity contribution in [2.24, 2.45) is 0 Å². The highest BCUT2D eigenvalue weighted by atomic mass is 32.2. The molecule has 0 saturated carbocycles. The van der Waals surface area contributed by atoms with Crippen LogP contribution in [-0.2, 0) is 0 Å². The minimum Gasteiger partial charge on any atom is -0.454 e. The first kappa shape index (κ1) is 19.4. The number of rotatable bonds is 6. The number of carbonyl (C=O) groups is 1. The average molecular weight is 434 g/mol. The van der Waals surface area contributed by atoms with Gasteiger partial charge in [0, 0.05) is 46.7 Å². The van der Waals surface area contributed by atoms with Crippen molar-refractivity contribution in [2.45, 2.75) is 19.1 Å². The summed E-state index contributed by atoms with van der Waals surface area (Å²) in [4.78, 5) is 16.9. The van der Waals surface area contributed by atoms with Crippen LogP contribution in [-0.4, -0.2) is 38.1 Å². The van der Waals surface area contributed by atoms with E-state index in [1.807, 2.05) is 42.7 Å². The van der Waals surface area contributed by atoms with Crippen LogP contribution in [0.3, 0.4) is 0 Å². The number of hydrogen-bond donors (Lipinski definition) is 0. The van der Waals surface area contributed by atoms with E-state index in [9.17, 15) is 4.79 Å². The Morgan fingerprint density at radius 3 is 2.71 bits per heavy atom. The van der Waals surface area contributed by atoms with Crippen LogP contribution in [0.15, 0.2) is 58.4 Å². The Balaban J connectivity index is 1.33. The maximum atomic E-state index is 12.9. The van der Waals surface area contributed by atoms with Crippen molar-refractivity contribution in [3.05, 3.63) is 65.7 Å². The highest BCUT2D eigenvalue weighted by molar-refractivity contribution is 7.99. The number of thioether (sulfide) groups is 1. The van der Waals surface area contributed by atoms with Crippen molar-refractivity contribution in [2.75, 3.05) is 12.5 Å². The van der Waals surface area contributed by atoms with Gasteiger partial charge in [0.2, 0.25) is 12.7 Å². The standard InChI is InChI=1S/C22H18N4O4S/c1-13-9-17(14(2)26(13)16-3-4-19-20(10-16)29-12-28-19)18(27)11-31-22-25-24-21(30-22)15-5-7-23-8-6-15/h3-10H,11-12H2,1-2H3. The fraction of sp³-hybridized carbons (Fsp3) is 0.182. The molecule has 0 radical (unpaired) electrons. The predicted molar refractivity (Wildman–Crippen MR) is 114 cm³/mol. The molecule has 0 aliphatic carbocycles. The van der Waals surface area contributed by atoms with E-state index in [1.165, 1.54) is 11.8 Å². The molecule has 4 aromatic rings. The van der Waals surface area contributed by atoms with Crippen LogP contribution in [0.5, 0.6) is 11.5 Å². The third-order valence-corrected chi connectivity index (χ3v) is 5.82. The lowest BCUT2D eigenvalue weighted by Gasteiger charge is -2.10. The van der Waals surface area contributed by atoms with Crippen LogP contribution in [0.25, 0.3) is 17.1 Å². The van der Waals surface area contributed by atoms with Gasteiger partial charge < -0.3 is 18.5 Å². The smallest absolute Gasteiger partial charge is 0.277 e. The lowest BCUT2D eigenvalue weighted by Crippen LogP contribution is -2.05. The normalized spacial score (nSPS) is 12.3. The molecule has 0 bridgehead atoms. The number of benzene rings is 1.